The van der Waals surface area contributed by atoms with Crippen LogP contribution in [0, 0.1) is 0 Å². The van der Waals surface area contributed by atoms with Gasteiger partial charge in [-0.15, -0.1) is 0 Å². The van der Waals surface area contributed by atoms with Gasteiger partial charge in [-0.1, -0.05) is 19.9 Å². The van der Waals surface area contributed by atoms with Gasteiger partial charge in [0.1, 0.15) is 5.65 Å². The number of nitrogens with zero attached hydrogens (tertiary/aromatic N) is 3. The quantitative estimate of drug-likeness (QED) is 0.913. The van der Waals surface area contributed by atoms with Crippen molar-refractivity contribution in [1.29, 1.82) is 0 Å². The second-order valence-corrected chi connectivity index (χ2v) is 7.01. The average molecular weight is 277 g/mol. The summed E-state index contributed by atoms with van der Waals surface area (Å²) < 4.78 is 1.98. The highest BCUT2D eigenvalue weighted by atomic mass is 32.2. The second kappa shape index (κ2) is 5.06. The number of imidazole rings is 1. The lowest BCUT2D eigenvalue weighted by molar-refractivity contribution is 0.276. The van der Waals surface area contributed by atoms with Gasteiger partial charge < -0.3 is 10.0 Å². The van der Waals surface area contributed by atoms with Crippen LogP contribution in [0.25, 0.3) is 5.65 Å². The summed E-state index contributed by atoms with van der Waals surface area (Å²) in [4.78, 5) is 7.01. The first-order chi connectivity index (χ1) is 9.19. The lowest BCUT2D eigenvalue weighted by atomic mass is 10.3. The van der Waals surface area contributed by atoms with Crippen molar-refractivity contribution in [1.82, 2.24) is 9.38 Å². The summed E-state index contributed by atoms with van der Waals surface area (Å²) in [5, 5.41) is 10.9. The van der Waals surface area contributed by atoms with Crippen LogP contribution in [-0.2, 0) is 6.61 Å². The number of aliphatic hydroxyl groups excluding tert-OH is 1. The summed E-state index contributed by atoms with van der Waals surface area (Å²) in [6.07, 6.45) is 1.96. The molecule has 2 unspecified atom stereocenters. The van der Waals surface area contributed by atoms with E-state index in [-0.39, 0.29) is 6.61 Å². The molecule has 1 fully saturated rings. The van der Waals surface area contributed by atoms with Crippen LogP contribution in [0.4, 0.5) is 5.82 Å². The van der Waals surface area contributed by atoms with Crippen LogP contribution in [0.15, 0.2) is 24.4 Å². The molecule has 2 aromatic rings. The fraction of sp³-hybridized carbons (Fsp3) is 0.500. The molecule has 0 bridgehead atoms. The zero-order valence-corrected chi connectivity index (χ0v) is 12.1. The molecule has 0 aromatic carbocycles. The molecule has 0 radical (unpaired) electrons. The van der Waals surface area contributed by atoms with Crippen LogP contribution in [0.2, 0.25) is 0 Å². The van der Waals surface area contributed by atoms with E-state index >= 15 is 0 Å². The van der Waals surface area contributed by atoms with E-state index < -0.39 is 0 Å². The third-order valence-corrected chi connectivity index (χ3v) is 4.70. The Bertz CT molecular complexity index is 573. The Hall–Kier alpha value is -1.20. The van der Waals surface area contributed by atoms with Gasteiger partial charge >= 0.3 is 0 Å². The van der Waals surface area contributed by atoms with E-state index in [0.29, 0.717) is 10.5 Å². The normalized spacial score (nSPS) is 24.1. The molecule has 1 aliphatic rings. The summed E-state index contributed by atoms with van der Waals surface area (Å²) in [5.74, 6) is 0.938. The number of rotatable bonds is 2. The number of anilines is 1. The molecule has 4 nitrogen and oxygen atoms in total. The summed E-state index contributed by atoms with van der Waals surface area (Å²) in [6.45, 7) is 6.51. The van der Waals surface area contributed by atoms with Gasteiger partial charge in [0, 0.05) is 29.8 Å². The van der Waals surface area contributed by atoms with Gasteiger partial charge in [-0.3, -0.25) is 4.40 Å². The molecule has 2 atom stereocenters. The average Bonchev–Trinajstić information content (AvgIpc) is 2.76. The smallest absolute Gasteiger partial charge is 0.153 e. The Balaban J connectivity index is 2.04. The maximum Gasteiger partial charge on any atom is 0.153 e. The number of thioether (sulfide) groups is 1. The van der Waals surface area contributed by atoms with Crippen molar-refractivity contribution in [3.05, 3.63) is 30.1 Å². The molecule has 19 heavy (non-hydrogen) atoms. The summed E-state index contributed by atoms with van der Waals surface area (Å²) in [7, 11) is 0. The van der Waals surface area contributed by atoms with Crippen molar-refractivity contribution in [2.45, 2.75) is 31.0 Å². The Morgan fingerprint density at radius 2 is 2.05 bits per heavy atom. The number of hydrogen-bond donors (Lipinski definition) is 1. The van der Waals surface area contributed by atoms with Crippen molar-refractivity contribution in [2.24, 2.45) is 0 Å². The van der Waals surface area contributed by atoms with E-state index in [1.54, 1.807) is 0 Å². The largest absolute Gasteiger partial charge is 0.390 e. The second-order valence-electron chi connectivity index (χ2n) is 5.13. The van der Waals surface area contributed by atoms with Crippen molar-refractivity contribution in [3.8, 4) is 0 Å². The fourth-order valence-electron chi connectivity index (χ4n) is 2.79. The highest BCUT2D eigenvalue weighted by Crippen LogP contribution is 2.30. The minimum atomic E-state index is 0.0208. The van der Waals surface area contributed by atoms with Crippen molar-refractivity contribution < 1.29 is 5.11 Å². The molecule has 1 N–H and O–H groups in total. The molecule has 1 saturated heterocycles. The number of hydrogen-bond acceptors (Lipinski definition) is 4. The van der Waals surface area contributed by atoms with Gasteiger partial charge in [0.25, 0.3) is 0 Å². The van der Waals surface area contributed by atoms with Crippen LogP contribution < -0.4 is 4.90 Å². The van der Waals surface area contributed by atoms with Gasteiger partial charge in [0.15, 0.2) is 5.82 Å². The van der Waals surface area contributed by atoms with E-state index in [2.05, 4.69) is 18.7 Å². The lowest BCUT2D eigenvalue weighted by Crippen LogP contribution is -2.41. The molecule has 3 rings (SSSR count). The number of fused-ring (bicyclic) bond motifs is 1. The lowest BCUT2D eigenvalue weighted by Gasteiger charge is -2.35. The van der Waals surface area contributed by atoms with Crippen LogP contribution in [0.5, 0.6) is 0 Å². The van der Waals surface area contributed by atoms with Gasteiger partial charge in [-0.25, -0.2) is 4.98 Å². The predicted octanol–water partition coefficient (Wildman–Crippen LogP) is 2.16. The number of pyridine rings is 1. The zero-order chi connectivity index (χ0) is 13.4. The van der Waals surface area contributed by atoms with Gasteiger partial charge in [0.2, 0.25) is 0 Å². The SMILES string of the molecule is CC1CN(c2nc3ccccn3c2CO)CC(C)S1. The van der Waals surface area contributed by atoms with E-state index in [9.17, 15) is 5.11 Å². The molecular formula is C14H19N3OS. The Labute approximate surface area is 117 Å². The van der Waals surface area contributed by atoms with Crippen LogP contribution in [-0.4, -0.2) is 38.1 Å². The van der Waals surface area contributed by atoms with E-state index in [4.69, 9.17) is 4.98 Å². The minimum Gasteiger partial charge on any atom is -0.390 e. The number of aliphatic hydroxyl groups is 1. The first-order valence-corrected chi connectivity index (χ1v) is 7.60. The summed E-state index contributed by atoms with van der Waals surface area (Å²) >= 11 is 2.02. The van der Waals surface area contributed by atoms with Crippen molar-refractivity contribution in [3.63, 3.8) is 0 Å². The van der Waals surface area contributed by atoms with Crippen molar-refractivity contribution in [2.75, 3.05) is 18.0 Å². The Kier molecular flexibility index (Phi) is 3.41. The molecule has 1 aliphatic heterocycles. The highest BCUT2D eigenvalue weighted by Gasteiger charge is 2.26. The van der Waals surface area contributed by atoms with Crippen LogP contribution in [0.1, 0.15) is 19.5 Å². The maximum atomic E-state index is 9.68. The summed E-state index contributed by atoms with van der Waals surface area (Å²) in [6, 6.07) is 5.92. The molecule has 3 heterocycles. The number of aromatic nitrogens is 2. The topological polar surface area (TPSA) is 40.8 Å². The van der Waals surface area contributed by atoms with Crippen molar-refractivity contribution >= 4 is 23.2 Å². The van der Waals surface area contributed by atoms with Gasteiger partial charge in [0.05, 0.1) is 12.3 Å². The maximum absolute atomic E-state index is 9.68. The fourth-order valence-corrected chi connectivity index (χ4v) is 4.11. The highest BCUT2D eigenvalue weighted by molar-refractivity contribution is 8.00. The molecule has 5 heteroatoms. The minimum absolute atomic E-state index is 0.0208. The molecule has 0 spiro atoms. The Morgan fingerprint density at radius 1 is 1.32 bits per heavy atom. The molecule has 0 amide bonds. The van der Waals surface area contributed by atoms with E-state index in [0.717, 1.165) is 30.2 Å². The summed E-state index contributed by atoms with van der Waals surface area (Å²) in [5.41, 5.74) is 1.79. The molecule has 2 aromatic heterocycles. The first-order valence-electron chi connectivity index (χ1n) is 6.66. The molecule has 102 valence electrons. The zero-order valence-electron chi connectivity index (χ0n) is 11.3. The van der Waals surface area contributed by atoms with Crippen LogP contribution in [0.3, 0.4) is 0 Å². The Morgan fingerprint density at radius 3 is 2.74 bits per heavy atom. The molecular weight excluding hydrogens is 258 g/mol. The molecule has 0 aliphatic carbocycles. The molecule has 0 saturated carbocycles. The monoisotopic (exact) mass is 277 g/mol. The third kappa shape index (κ3) is 2.32. The van der Waals surface area contributed by atoms with E-state index in [1.165, 1.54) is 0 Å². The van der Waals surface area contributed by atoms with Gasteiger partial charge in [-0.05, 0) is 12.1 Å². The van der Waals surface area contributed by atoms with E-state index in [1.807, 2.05) is 40.6 Å². The first kappa shape index (κ1) is 12.8. The standard InChI is InChI=1S/C14H19N3OS/c1-10-7-16(8-11(2)19-10)14-12(9-18)17-6-4-3-5-13(17)15-14/h3-6,10-11,18H,7-9H2,1-2H3. The van der Waals surface area contributed by atoms with Crippen LogP contribution >= 0.6 is 11.8 Å². The van der Waals surface area contributed by atoms with Gasteiger partial charge in [-0.2, -0.15) is 11.8 Å². The third-order valence-electron chi connectivity index (χ3n) is 3.48. The predicted molar refractivity (Wildman–Crippen MR) is 79.8 cm³/mol.